The molecule has 2 rings (SSSR count). The molecule has 1 atom stereocenters. The van der Waals surface area contributed by atoms with Crippen LogP contribution in [-0.4, -0.2) is 28.2 Å². The van der Waals surface area contributed by atoms with E-state index in [4.69, 9.17) is 0 Å². The van der Waals surface area contributed by atoms with Crippen molar-refractivity contribution in [3.8, 4) is 0 Å². The van der Waals surface area contributed by atoms with Crippen molar-refractivity contribution in [2.24, 2.45) is 5.92 Å². The van der Waals surface area contributed by atoms with Crippen molar-refractivity contribution < 1.29 is 14.8 Å². The normalized spacial score (nSPS) is 16.9. The third-order valence-corrected chi connectivity index (χ3v) is 3.83. The predicted octanol–water partition coefficient (Wildman–Crippen LogP) is 1.55. The van der Waals surface area contributed by atoms with Crippen molar-refractivity contribution in [1.29, 1.82) is 0 Å². The lowest BCUT2D eigenvalue weighted by Gasteiger charge is -2.28. The number of para-hydroxylation sites is 1. The third kappa shape index (κ3) is 3.69. The highest BCUT2D eigenvalue weighted by atomic mass is 16.6. The molecule has 1 aliphatic rings. The van der Waals surface area contributed by atoms with E-state index in [1.54, 1.807) is 25.1 Å². The second kappa shape index (κ2) is 6.09. The third-order valence-electron chi connectivity index (χ3n) is 3.83. The van der Waals surface area contributed by atoms with Crippen LogP contribution in [0.1, 0.15) is 25.3 Å². The molecule has 7 heteroatoms. The van der Waals surface area contributed by atoms with E-state index in [0.717, 1.165) is 12.8 Å². The van der Waals surface area contributed by atoms with Gasteiger partial charge in [0.25, 0.3) is 5.69 Å². The Bertz CT molecular complexity index is 545. The molecule has 21 heavy (non-hydrogen) atoms. The van der Waals surface area contributed by atoms with Gasteiger partial charge in [0.1, 0.15) is 0 Å². The number of aliphatic hydroxyl groups excluding tert-OH is 1. The van der Waals surface area contributed by atoms with Crippen LogP contribution in [0.2, 0.25) is 0 Å². The highest BCUT2D eigenvalue weighted by Crippen LogP contribution is 2.39. The second-order valence-electron chi connectivity index (χ2n) is 5.54. The fraction of sp³-hybridized carbons (Fsp3) is 0.500. The van der Waals surface area contributed by atoms with Gasteiger partial charge in [-0.3, -0.25) is 10.1 Å². The molecule has 1 aromatic carbocycles. The Kier molecular flexibility index (Phi) is 4.42. The summed E-state index contributed by atoms with van der Waals surface area (Å²) in [5, 5.41) is 25.7. The average Bonchev–Trinajstić information content (AvgIpc) is 3.30. The maximum absolute atomic E-state index is 11.9. The van der Waals surface area contributed by atoms with E-state index in [1.807, 2.05) is 0 Å². The predicted molar refractivity (Wildman–Crippen MR) is 76.7 cm³/mol. The summed E-state index contributed by atoms with van der Waals surface area (Å²) in [6.07, 6.45) is 1.98. The molecule has 0 bridgehead atoms. The number of nitrogens with one attached hydrogen (secondary N) is 2. The van der Waals surface area contributed by atoms with Gasteiger partial charge in [0.15, 0.2) is 0 Å². The van der Waals surface area contributed by atoms with Gasteiger partial charge < -0.3 is 15.7 Å². The van der Waals surface area contributed by atoms with Crippen molar-refractivity contribution in [1.82, 2.24) is 10.6 Å². The number of hydrogen-bond acceptors (Lipinski definition) is 4. The number of hydrogen-bond donors (Lipinski definition) is 3. The molecule has 0 aliphatic heterocycles. The van der Waals surface area contributed by atoms with Crippen LogP contribution >= 0.6 is 0 Å². The number of rotatable bonds is 6. The average molecular weight is 293 g/mol. The molecule has 7 nitrogen and oxygen atoms in total. The number of nitro groups is 1. The first-order chi connectivity index (χ1) is 9.96. The lowest BCUT2D eigenvalue weighted by molar-refractivity contribution is -0.385. The van der Waals surface area contributed by atoms with E-state index in [2.05, 4.69) is 10.6 Å². The first-order valence-corrected chi connectivity index (χ1v) is 6.85. The minimum absolute atomic E-state index is 0.0232. The minimum Gasteiger partial charge on any atom is -0.394 e. The molecule has 0 aromatic heterocycles. The molecule has 0 saturated heterocycles. The zero-order chi connectivity index (χ0) is 15.5. The lowest BCUT2D eigenvalue weighted by atomic mass is 9.97. The largest absolute Gasteiger partial charge is 0.394 e. The molecule has 0 radical (unpaired) electrons. The smallest absolute Gasteiger partial charge is 0.315 e. The summed E-state index contributed by atoms with van der Waals surface area (Å²) in [5.41, 5.74) is -0.216. The SMILES string of the molecule is CC(CO)(NC(=O)NCc1ccccc1[N+](=O)[O-])C1CC1. The highest BCUT2D eigenvalue weighted by molar-refractivity contribution is 5.75. The van der Waals surface area contributed by atoms with Gasteiger partial charge >= 0.3 is 6.03 Å². The number of nitro benzene ring substituents is 1. The molecule has 3 N–H and O–H groups in total. The number of carbonyl (C=O) groups is 1. The fourth-order valence-corrected chi connectivity index (χ4v) is 2.31. The standard InChI is InChI=1S/C14H19N3O4/c1-14(9-18,11-6-7-11)16-13(19)15-8-10-4-2-3-5-12(10)17(20)21/h2-5,11,18H,6-9H2,1H3,(H2,15,16,19). The Morgan fingerprint density at radius 3 is 2.71 bits per heavy atom. The fourth-order valence-electron chi connectivity index (χ4n) is 2.31. The number of urea groups is 1. The van der Waals surface area contributed by atoms with Gasteiger partial charge in [-0.1, -0.05) is 18.2 Å². The first kappa shape index (κ1) is 15.2. The molecule has 114 valence electrons. The summed E-state index contributed by atoms with van der Waals surface area (Å²) in [7, 11) is 0. The first-order valence-electron chi connectivity index (χ1n) is 6.85. The van der Waals surface area contributed by atoms with Crippen LogP contribution < -0.4 is 10.6 Å². The van der Waals surface area contributed by atoms with Crippen LogP contribution in [0.5, 0.6) is 0 Å². The maximum atomic E-state index is 11.9. The van der Waals surface area contributed by atoms with Crippen molar-refractivity contribution in [2.75, 3.05) is 6.61 Å². The Morgan fingerprint density at radius 1 is 1.48 bits per heavy atom. The Balaban J connectivity index is 1.94. The van der Waals surface area contributed by atoms with Crippen LogP contribution in [0.3, 0.4) is 0 Å². The van der Waals surface area contributed by atoms with E-state index in [0.29, 0.717) is 11.5 Å². The maximum Gasteiger partial charge on any atom is 0.315 e. The van der Waals surface area contributed by atoms with Crippen LogP contribution in [0.25, 0.3) is 0 Å². The Morgan fingerprint density at radius 2 is 2.14 bits per heavy atom. The van der Waals surface area contributed by atoms with Gasteiger partial charge in [-0.2, -0.15) is 0 Å². The van der Waals surface area contributed by atoms with E-state index in [9.17, 15) is 20.0 Å². The quantitative estimate of drug-likeness (QED) is 0.546. The van der Waals surface area contributed by atoms with Crippen LogP contribution in [0, 0.1) is 16.0 Å². The number of nitrogens with zero attached hydrogens (tertiary/aromatic N) is 1. The molecule has 2 amide bonds. The Hall–Kier alpha value is -2.15. The van der Waals surface area contributed by atoms with Crippen molar-refractivity contribution in [2.45, 2.75) is 31.8 Å². The van der Waals surface area contributed by atoms with Gasteiger partial charge in [0.2, 0.25) is 0 Å². The van der Waals surface area contributed by atoms with Crippen molar-refractivity contribution in [3.05, 3.63) is 39.9 Å². The van der Waals surface area contributed by atoms with Crippen molar-refractivity contribution in [3.63, 3.8) is 0 Å². The number of aliphatic hydroxyl groups is 1. The van der Waals surface area contributed by atoms with Gasteiger partial charge in [-0.25, -0.2) is 4.79 Å². The monoisotopic (exact) mass is 293 g/mol. The molecular weight excluding hydrogens is 274 g/mol. The number of carbonyl (C=O) groups excluding carboxylic acids is 1. The molecule has 1 aromatic rings. The molecule has 1 saturated carbocycles. The Labute approximate surface area is 122 Å². The molecular formula is C14H19N3O4. The van der Waals surface area contributed by atoms with E-state index < -0.39 is 16.5 Å². The van der Waals surface area contributed by atoms with Gasteiger partial charge in [-0.05, 0) is 25.7 Å². The second-order valence-corrected chi connectivity index (χ2v) is 5.54. The van der Waals surface area contributed by atoms with Crippen LogP contribution in [0.4, 0.5) is 10.5 Å². The lowest BCUT2D eigenvalue weighted by Crippen LogP contribution is -2.53. The van der Waals surface area contributed by atoms with E-state index >= 15 is 0 Å². The summed E-state index contributed by atoms with van der Waals surface area (Å²) < 4.78 is 0. The highest BCUT2D eigenvalue weighted by Gasteiger charge is 2.42. The molecule has 1 aliphatic carbocycles. The topological polar surface area (TPSA) is 104 Å². The van der Waals surface area contributed by atoms with Crippen molar-refractivity contribution >= 4 is 11.7 Å². The van der Waals surface area contributed by atoms with Gasteiger partial charge in [-0.15, -0.1) is 0 Å². The van der Waals surface area contributed by atoms with E-state index in [1.165, 1.54) is 6.07 Å². The molecule has 0 heterocycles. The summed E-state index contributed by atoms with van der Waals surface area (Å²) in [6, 6.07) is 5.83. The van der Waals surface area contributed by atoms with E-state index in [-0.39, 0.29) is 18.8 Å². The van der Waals surface area contributed by atoms with Gasteiger partial charge in [0, 0.05) is 11.6 Å². The number of benzene rings is 1. The van der Waals surface area contributed by atoms with Crippen LogP contribution in [0.15, 0.2) is 24.3 Å². The minimum atomic E-state index is -0.632. The molecule has 0 spiro atoms. The zero-order valence-electron chi connectivity index (χ0n) is 11.8. The summed E-state index contributed by atoms with van der Waals surface area (Å²) in [6.45, 7) is 1.74. The molecule has 1 unspecified atom stereocenters. The summed E-state index contributed by atoms with van der Waals surface area (Å²) >= 11 is 0. The number of amides is 2. The summed E-state index contributed by atoms with van der Waals surface area (Å²) in [4.78, 5) is 22.3. The molecule has 1 fully saturated rings. The zero-order valence-corrected chi connectivity index (χ0v) is 11.8. The van der Waals surface area contributed by atoms with Crippen LogP contribution in [-0.2, 0) is 6.54 Å². The van der Waals surface area contributed by atoms with Gasteiger partial charge in [0.05, 0.1) is 23.6 Å². The summed E-state index contributed by atoms with van der Waals surface area (Å²) in [5.74, 6) is 0.291.